The molecule has 24 heavy (non-hydrogen) atoms. The molecule has 0 fully saturated rings. The number of aryl methyl sites for hydroxylation is 3. The van der Waals surface area contributed by atoms with Crippen molar-refractivity contribution in [1.29, 1.82) is 0 Å². The lowest BCUT2D eigenvalue weighted by atomic mass is 10.1. The number of benzene rings is 1. The third kappa shape index (κ3) is 3.20. The van der Waals surface area contributed by atoms with Crippen LogP contribution in [0.1, 0.15) is 18.1 Å². The fourth-order valence-corrected chi connectivity index (χ4v) is 2.45. The molecule has 0 aliphatic heterocycles. The van der Waals surface area contributed by atoms with Crippen LogP contribution in [-0.2, 0) is 6.54 Å². The van der Waals surface area contributed by atoms with E-state index < -0.39 is 0 Å². The lowest BCUT2D eigenvalue weighted by molar-refractivity contribution is 0.621. The van der Waals surface area contributed by atoms with E-state index in [0.717, 1.165) is 22.5 Å². The topological polar surface area (TPSA) is 59.8 Å². The number of hydrogen-bond acceptors (Lipinski definition) is 4. The molecule has 0 unspecified atom stereocenters. The van der Waals surface area contributed by atoms with E-state index in [1.807, 2.05) is 51.1 Å². The molecular formula is C19H20N4O. The third-order valence-electron chi connectivity index (χ3n) is 3.93. The molecule has 0 saturated carbocycles. The van der Waals surface area contributed by atoms with Gasteiger partial charge in [0.1, 0.15) is 5.69 Å². The van der Waals surface area contributed by atoms with Gasteiger partial charge in [-0.15, -0.1) is 0 Å². The second-order valence-corrected chi connectivity index (χ2v) is 5.75. The fourth-order valence-electron chi connectivity index (χ4n) is 2.45. The summed E-state index contributed by atoms with van der Waals surface area (Å²) < 4.78 is 1.48. The highest BCUT2D eigenvalue weighted by atomic mass is 16.1. The zero-order chi connectivity index (χ0) is 17.1. The lowest BCUT2D eigenvalue weighted by Crippen LogP contribution is -2.25. The lowest BCUT2D eigenvalue weighted by Gasteiger charge is -2.12. The van der Waals surface area contributed by atoms with Crippen molar-refractivity contribution in [3.63, 3.8) is 0 Å². The van der Waals surface area contributed by atoms with E-state index in [-0.39, 0.29) is 5.56 Å². The molecule has 5 heteroatoms. The van der Waals surface area contributed by atoms with Crippen LogP contribution in [0.15, 0.2) is 53.6 Å². The quantitative estimate of drug-likeness (QED) is 0.796. The molecule has 3 rings (SSSR count). The molecule has 0 aliphatic carbocycles. The average molecular weight is 320 g/mol. The Bertz CT molecular complexity index is 913. The largest absolute Gasteiger partial charge is 0.349 e. The van der Waals surface area contributed by atoms with E-state index >= 15 is 0 Å². The van der Waals surface area contributed by atoms with Gasteiger partial charge < -0.3 is 5.32 Å². The van der Waals surface area contributed by atoms with Crippen molar-refractivity contribution < 1.29 is 0 Å². The molecule has 1 N–H and O–H groups in total. The number of nitrogens with zero attached hydrogens (tertiary/aromatic N) is 3. The Kier molecular flexibility index (Phi) is 4.42. The minimum atomic E-state index is -0.142. The Hall–Kier alpha value is -2.95. The van der Waals surface area contributed by atoms with Crippen LogP contribution in [0.3, 0.4) is 0 Å². The SMILES string of the molecule is CCn1nc(-c2ccc(C)cc2)cc(Nc2cnccc2C)c1=O. The highest BCUT2D eigenvalue weighted by molar-refractivity contribution is 5.67. The van der Waals surface area contributed by atoms with Gasteiger partial charge in [-0.2, -0.15) is 5.10 Å². The van der Waals surface area contributed by atoms with Crippen LogP contribution in [0.25, 0.3) is 11.3 Å². The van der Waals surface area contributed by atoms with Crippen LogP contribution >= 0.6 is 0 Å². The van der Waals surface area contributed by atoms with E-state index in [4.69, 9.17) is 0 Å². The van der Waals surface area contributed by atoms with Crippen molar-refractivity contribution >= 4 is 11.4 Å². The van der Waals surface area contributed by atoms with Gasteiger partial charge in [0.2, 0.25) is 0 Å². The first-order valence-corrected chi connectivity index (χ1v) is 7.95. The molecule has 0 spiro atoms. The summed E-state index contributed by atoms with van der Waals surface area (Å²) in [6.07, 6.45) is 3.45. The molecule has 0 aliphatic rings. The fraction of sp³-hybridized carbons (Fsp3) is 0.211. The summed E-state index contributed by atoms with van der Waals surface area (Å²) in [5, 5.41) is 7.66. The Balaban J connectivity index is 2.08. The van der Waals surface area contributed by atoms with Crippen LogP contribution in [0.4, 0.5) is 11.4 Å². The van der Waals surface area contributed by atoms with Crippen molar-refractivity contribution in [2.45, 2.75) is 27.3 Å². The van der Waals surface area contributed by atoms with Gasteiger partial charge in [0.15, 0.2) is 0 Å². The maximum absolute atomic E-state index is 12.6. The van der Waals surface area contributed by atoms with Gasteiger partial charge in [0, 0.05) is 18.3 Å². The first kappa shape index (κ1) is 15.9. The Morgan fingerprint density at radius 2 is 1.83 bits per heavy atom. The maximum atomic E-state index is 12.6. The molecule has 2 heterocycles. The molecule has 0 saturated heterocycles. The minimum Gasteiger partial charge on any atom is -0.349 e. The molecule has 122 valence electrons. The number of hydrogen-bond donors (Lipinski definition) is 1. The molecule has 0 amide bonds. The smallest absolute Gasteiger partial charge is 0.290 e. The second kappa shape index (κ2) is 6.66. The minimum absolute atomic E-state index is 0.142. The molecular weight excluding hydrogens is 300 g/mol. The normalized spacial score (nSPS) is 10.6. The maximum Gasteiger partial charge on any atom is 0.290 e. The predicted molar refractivity (Wildman–Crippen MR) is 96.6 cm³/mol. The summed E-state index contributed by atoms with van der Waals surface area (Å²) in [7, 11) is 0. The van der Waals surface area contributed by atoms with E-state index in [9.17, 15) is 4.79 Å². The van der Waals surface area contributed by atoms with E-state index in [1.165, 1.54) is 10.2 Å². The van der Waals surface area contributed by atoms with Gasteiger partial charge >= 0.3 is 0 Å². The summed E-state index contributed by atoms with van der Waals surface area (Å²) in [5.74, 6) is 0. The Morgan fingerprint density at radius 3 is 2.50 bits per heavy atom. The van der Waals surface area contributed by atoms with Crippen molar-refractivity contribution in [3.05, 3.63) is 70.3 Å². The average Bonchev–Trinajstić information content (AvgIpc) is 2.59. The number of aromatic nitrogens is 3. The summed E-state index contributed by atoms with van der Waals surface area (Å²) in [5.41, 5.74) is 5.13. The molecule has 0 bridgehead atoms. The second-order valence-electron chi connectivity index (χ2n) is 5.75. The van der Waals surface area contributed by atoms with Crippen molar-refractivity contribution in [1.82, 2.24) is 14.8 Å². The van der Waals surface area contributed by atoms with E-state index in [0.29, 0.717) is 12.2 Å². The number of pyridine rings is 1. The number of nitrogens with one attached hydrogen (secondary N) is 1. The van der Waals surface area contributed by atoms with Gasteiger partial charge in [-0.3, -0.25) is 9.78 Å². The molecule has 2 aromatic heterocycles. The molecule has 0 radical (unpaired) electrons. The molecule has 5 nitrogen and oxygen atoms in total. The summed E-state index contributed by atoms with van der Waals surface area (Å²) in [6.45, 7) is 6.44. The Labute approximate surface area is 141 Å². The highest BCUT2D eigenvalue weighted by Crippen LogP contribution is 2.22. The van der Waals surface area contributed by atoms with Crippen LogP contribution in [-0.4, -0.2) is 14.8 Å². The first-order valence-electron chi connectivity index (χ1n) is 7.95. The summed E-state index contributed by atoms with van der Waals surface area (Å²) >= 11 is 0. The van der Waals surface area contributed by atoms with Gasteiger partial charge in [0.25, 0.3) is 5.56 Å². The standard InChI is InChI=1S/C19H20N4O/c1-4-23-19(24)17(21-18-12-20-10-9-14(18)3)11-16(22-23)15-7-5-13(2)6-8-15/h5-12,21H,4H2,1-3H3. The van der Waals surface area contributed by atoms with Gasteiger partial charge in [-0.25, -0.2) is 4.68 Å². The van der Waals surface area contributed by atoms with Crippen LogP contribution in [0.2, 0.25) is 0 Å². The van der Waals surface area contributed by atoms with Crippen molar-refractivity contribution in [3.8, 4) is 11.3 Å². The van der Waals surface area contributed by atoms with E-state index in [2.05, 4.69) is 15.4 Å². The monoisotopic (exact) mass is 320 g/mol. The van der Waals surface area contributed by atoms with Crippen molar-refractivity contribution in [2.24, 2.45) is 0 Å². The zero-order valence-corrected chi connectivity index (χ0v) is 14.1. The number of anilines is 2. The van der Waals surface area contributed by atoms with Gasteiger partial charge in [-0.05, 0) is 38.5 Å². The van der Waals surface area contributed by atoms with Crippen LogP contribution in [0, 0.1) is 13.8 Å². The first-order chi connectivity index (χ1) is 11.6. The van der Waals surface area contributed by atoms with Crippen molar-refractivity contribution in [2.75, 3.05) is 5.32 Å². The van der Waals surface area contributed by atoms with E-state index in [1.54, 1.807) is 18.5 Å². The molecule has 3 aromatic rings. The highest BCUT2D eigenvalue weighted by Gasteiger charge is 2.10. The molecule has 1 aromatic carbocycles. The summed E-state index contributed by atoms with van der Waals surface area (Å²) in [4.78, 5) is 16.7. The molecule has 0 atom stereocenters. The van der Waals surface area contributed by atoms with Gasteiger partial charge in [0.05, 0.1) is 17.6 Å². The predicted octanol–water partition coefficient (Wildman–Crippen LogP) is 3.69. The number of rotatable bonds is 4. The summed E-state index contributed by atoms with van der Waals surface area (Å²) in [6, 6.07) is 11.8. The Morgan fingerprint density at radius 1 is 1.08 bits per heavy atom. The zero-order valence-electron chi connectivity index (χ0n) is 14.1. The van der Waals surface area contributed by atoms with Crippen LogP contribution < -0.4 is 10.9 Å². The van der Waals surface area contributed by atoms with Crippen LogP contribution in [0.5, 0.6) is 0 Å². The van der Waals surface area contributed by atoms with Gasteiger partial charge in [-0.1, -0.05) is 29.8 Å². The third-order valence-corrected chi connectivity index (χ3v) is 3.93.